The SMILES string of the molecule is CC(C)CN1C(=O)c2ccc(-c3ccco3)cc2C1=O. The molecule has 2 heterocycles. The zero-order valence-electron chi connectivity index (χ0n) is 11.4. The van der Waals surface area contributed by atoms with Gasteiger partial charge in [0.2, 0.25) is 0 Å². The summed E-state index contributed by atoms with van der Waals surface area (Å²) in [4.78, 5) is 25.9. The highest BCUT2D eigenvalue weighted by Gasteiger charge is 2.35. The minimum Gasteiger partial charge on any atom is -0.464 e. The van der Waals surface area contributed by atoms with Crippen LogP contribution in [0.2, 0.25) is 0 Å². The van der Waals surface area contributed by atoms with Gasteiger partial charge in [-0.3, -0.25) is 14.5 Å². The number of fused-ring (bicyclic) bond motifs is 1. The van der Waals surface area contributed by atoms with Crippen LogP contribution in [0.25, 0.3) is 11.3 Å². The molecule has 0 N–H and O–H groups in total. The maximum absolute atomic E-state index is 12.3. The monoisotopic (exact) mass is 269 g/mol. The van der Waals surface area contributed by atoms with E-state index >= 15 is 0 Å². The Balaban J connectivity index is 2.01. The van der Waals surface area contributed by atoms with Crippen molar-refractivity contribution in [1.82, 2.24) is 4.90 Å². The lowest BCUT2D eigenvalue weighted by Gasteiger charge is -2.15. The largest absolute Gasteiger partial charge is 0.464 e. The molecule has 0 atom stereocenters. The maximum atomic E-state index is 12.3. The van der Waals surface area contributed by atoms with Crippen LogP contribution in [0.4, 0.5) is 0 Å². The van der Waals surface area contributed by atoms with E-state index in [1.807, 2.05) is 26.0 Å². The van der Waals surface area contributed by atoms with Gasteiger partial charge in [-0.25, -0.2) is 0 Å². The van der Waals surface area contributed by atoms with Gasteiger partial charge in [-0.15, -0.1) is 0 Å². The van der Waals surface area contributed by atoms with E-state index in [0.29, 0.717) is 23.4 Å². The van der Waals surface area contributed by atoms with Crippen LogP contribution in [0.15, 0.2) is 41.0 Å². The summed E-state index contributed by atoms with van der Waals surface area (Å²) in [5.74, 6) is 0.522. The van der Waals surface area contributed by atoms with Gasteiger partial charge in [0.15, 0.2) is 0 Å². The molecule has 0 fully saturated rings. The summed E-state index contributed by atoms with van der Waals surface area (Å²) in [6, 6.07) is 8.86. The van der Waals surface area contributed by atoms with Crippen molar-refractivity contribution in [3.05, 3.63) is 47.7 Å². The number of hydrogen-bond donors (Lipinski definition) is 0. The van der Waals surface area contributed by atoms with Crippen molar-refractivity contribution in [2.24, 2.45) is 5.92 Å². The Labute approximate surface area is 117 Å². The molecule has 1 aliphatic rings. The first-order valence-electron chi connectivity index (χ1n) is 6.62. The van der Waals surface area contributed by atoms with Crippen molar-refractivity contribution in [1.29, 1.82) is 0 Å². The Kier molecular flexibility index (Phi) is 2.93. The van der Waals surface area contributed by atoms with E-state index < -0.39 is 0 Å². The fraction of sp³-hybridized carbons (Fsp3) is 0.250. The number of imide groups is 1. The number of carbonyl (C=O) groups is 2. The summed E-state index contributed by atoms with van der Waals surface area (Å²) in [5, 5.41) is 0. The van der Waals surface area contributed by atoms with Gasteiger partial charge in [-0.2, -0.15) is 0 Å². The smallest absolute Gasteiger partial charge is 0.261 e. The van der Waals surface area contributed by atoms with Crippen molar-refractivity contribution < 1.29 is 14.0 Å². The van der Waals surface area contributed by atoms with Crippen molar-refractivity contribution in [3.63, 3.8) is 0 Å². The van der Waals surface area contributed by atoms with Gasteiger partial charge in [0.1, 0.15) is 5.76 Å². The molecule has 2 amide bonds. The molecule has 0 spiro atoms. The number of amides is 2. The van der Waals surface area contributed by atoms with Gasteiger partial charge in [-0.1, -0.05) is 19.9 Å². The van der Waals surface area contributed by atoms with Crippen molar-refractivity contribution in [2.75, 3.05) is 6.54 Å². The minimum atomic E-state index is -0.216. The molecule has 1 aromatic carbocycles. The molecule has 0 aliphatic carbocycles. The second-order valence-electron chi connectivity index (χ2n) is 5.35. The van der Waals surface area contributed by atoms with Gasteiger partial charge >= 0.3 is 0 Å². The molecule has 4 nitrogen and oxygen atoms in total. The summed E-state index contributed by atoms with van der Waals surface area (Å²) in [6.45, 7) is 4.41. The van der Waals surface area contributed by atoms with Gasteiger partial charge < -0.3 is 4.42 Å². The number of carbonyl (C=O) groups excluding carboxylic acids is 2. The zero-order valence-corrected chi connectivity index (χ0v) is 11.4. The molecule has 1 aromatic heterocycles. The lowest BCUT2D eigenvalue weighted by atomic mass is 10.0. The summed E-state index contributed by atoms with van der Waals surface area (Å²) in [7, 11) is 0. The molecule has 2 aromatic rings. The minimum absolute atomic E-state index is 0.204. The highest BCUT2D eigenvalue weighted by Crippen LogP contribution is 2.29. The van der Waals surface area contributed by atoms with Crippen molar-refractivity contribution in [2.45, 2.75) is 13.8 Å². The summed E-state index contributed by atoms with van der Waals surface area (Å²) < 4.78 is 5.32. The predicted molar refractivity (Wildman–Crippen MR) is 74.3 cm³/mol. The summed E-state index contributed by atoms with van der Waals surface area (Å²) in [5.41, 5.74) is 1.75. The second kappa shape index (κ2) is 4.63. The topological polar surface area (TPSA) is 50.5 Å². The first-order chi connectivity index (χ1) is 9.58. The van der Waals surface area contributed by atoms with Gasteiger partial charge in [0.05, 0.1) is 17.4 Å². The molecule has 1 aliphatic heterocycles. The molecular weight excluding hydrogens is 254 g/mol. The molecule has 4 heteroatoms. The molecule has 0 bridgehead atoms. The third kappa shape index (κ3) is 1.93. The Bertz CT molecular complexity index is 671. The number of rotatable bonds is 3. The average molecular weight is 269 g/mol. The van der Waals surface area contributed by atoms with E-state index in [4.69, 9.17) is 4.42 Å². The predicted octanol–water partition coefficient (Wildman–Crippen LogP) is 3.20. The number of nitrogens with zero attached hydrogens (tertiary/aromatic N) is 1. The molecule has 3 rings (SSSR count). The number of hydrogen-bond acceptors (Lipinski definition) is 3. The first-order valence-corrected chi connectivity index (χ1v) is 6.62. The molecule has 0 radical (unpaired) electrons. The van der Waals surface area contributed by atoms with Crippen LogP contribution in [-0.4, -0.2) is 23.3 Å². The Morgan fingerprint density at radius 3 is 2.50 bits per heavy atom. The highest BCUT2D eigenvalue weighted by molar-refractivity contribution is 6.21. The average Bonchev–Trinajstić information content (AvgIpc) is 3.02. The van der Waals surface area contributed by atoms with Gasteiger partial charge in [-0.05, 0) is 30.2 Å². The van der Waals surface area contributed by atoms with E-state index in [1.54, 1.807) is 24.5 Å². The molecule has 0 saturated carbocycles. The fourth-order valence-corrected chi connectivity index (χ4v) is 2.42. The Morgan fingerprint density at radius 1 is 1.10 bits per heavy atom. The fourth-order valence-electron chi connectivity index (χ4n) is 2.42. The van der Waals surface area contributed by atoms with Crippen LogP contribution in [0, 0.1) is 5.92 Å². The van der Waals surface area contributed by atoms with Crippen LogP contribution in [0.5, 0.6) is 0 Å². The van der Waals surface area contributed by atoms with E-state index in [-0.39, 0.29) is 17.7 Å². The van der Waals surface area contributed by atoms with E-state index in [0.717, 1.165) is 5.56 Å². The standard InChI is InChI=1S/C16H15NO3/c1-10(2)9-17-15(18)12-6-5-11(8-13(12)16(17)19)14-4-3-7-20-14/h3-8,10H,9H2,1-2H3. The normalized spacial score (nSPS) is 14.2. The number of benzene rings is 1. The van der Waals surface area contributed by atoms with Gasteiger partial charge in [0.25, 0.3) is 11.8 Å². The van der Waals surface area contributed by atoms with Gasteiger partial charge in [0, 0.05) is 12.1 Å². The first kappa shape index (κ1) is 12.7. The highest BCUT2D eigenvalue weighted by atomic mass is 16.3. The van der Waals surface area contributed by atoms with Crippen LogP contribution >= 0.6 is 0 Å². The Morgan fingerprint density at radius 2 is 1.85 bits per heavy atom. The van der Waals surface area contributed by atoms with Crippen LogP contribution < -0.4 is 0 Å². The van der Waals surface area contributed by atoms with Crippen LogP contribution in [0.3, 0.4) is 0 Å². The lowest BCUT2D eigenvalue weighted by molar-refractivity contribution is 0.0636. The van der Waals surface area contributed by atoms with E-state index in [2.05, 4.69) is 0 Å². The molecule has 0 unspecified atom stereocenters. The maximum Gasteiger partial charge on any atom is 0.261 e. The summed E-state index contributed by atoms with van der Waals surface area (Å²) in [6.07, 6.45) is 1.58. The van der Waals surface area contributed by atoms with E-state index in [1.165, 1.54) is 4.90 Å². The van der Waals surface area contributed by atoms with Crippen LogP contribution in [0.1, 0.15) is 34.6 Å². The van der Waals surface area contributed by atoms with E-state index in [9.17, 15) is 9.59 Å². The molecule has 20 heavy (non-hydrogen) atoms. The summed E-state index contributed by atoms with van der Waals surface area (Å²) >= 11 is 0. The van der Waals surface area contributed by atoms with Crippen molar-refractivity contribution >= 4 is 11.8 Å². The third-order valence-corrected chi connectivity index (χ3v) is 3.32. The quantitative estimate of drug-likeness (QED) is 0.804. The molecule has 0 saturated heterocycles. The van der Waals surface area contributed by atoms with Crippen LogP contribution in [-0.2, 0) is 0 Å². The number of furan rings is 1. The molecule has 102 valence electrons. The third-order valence-electron chi connectivity index (χ3n) is 3.32. The zero-order chi connectivity index (χ0) is 14.3. The second-order valence-corrected chi connectivity index (χ2v) is 5.35. The lowest BCUT2D eigenvalue weighted by Crippen LogP contribution is -2.33. The Hall–Kier alpha value is -2.36. The van der Waals surface area contributed by atoms with Crippen molar-refractivity contribution in [3.8, 4) is 11.3 Å². The molecular formula is C16H15NO3.